The van der Waals surface area contributed by atoms with E-state index in [0.717, 1.165) is 58.8 Å². The smallest absolute Gasteiger partial charge is 0.229 e. The van der Waals surface area contributed by atoms with Crippen molar-refractivity contribution in [1.82, 2.24) is 9.88 Å². The Bertz CT molecular complexity index is 1030. The van der Waals surface area contributed by atoms with Gasteiger partial charge in [-0.1, -0.05) is 35.1 Å². The number of fused-ring (bicyclic) bond motifs is 1. The zero-order valence-electron chi connectivity index (χ0n) is 18.6. The number of aromatic nitrogens is 1. The standard InChI is InChI=1S/C24H29N3O2S3/c1-18-6-8-19(9-7-18)31-17-10-22(28)27(12-11-26-13-15-29-16-14-26)24-25-23-20(30-2)4-3-5-21(23)32-24/h3-9H,10-17H2,1-2H3. The summed E-state index contributed by atoms with van der Waals surface area (Å²) in [5.74, 6) is 0.902. The van der Waals surface area contributed by atoms with Gasteiger partial charge in [0.1, 0.15) is 0 Å². The van der Waals surface area contributed by atoms with Crippen molar-refractivity contribution in [2.75, 3.05) is 56.3 Å². The van der Waals surface area contributed by atoms with Crippen molar-refractivity contribution < 1.29 is 9.53 Å². The predicted molar refractivity (Wildman–Crippen MR) is 138 cm³/mol. The van der Waals surface area contributed by atoms with E-state index in [1.165, 1.54) is 10.5 Å². The first-order valence-electron chi connectivity index (χ1n) is 10.9. The van der Waals surface area contributed by atoms with Gasteiger partial charge in [0, 0.05) is 48.1 Å². The van der Waals surface area contributed by atoms with E-state index in [9.17, 15) is 4.79 Å². The van der Waals surface area contributed by atoms with Crippen molar-refractivity contribution >= 4 is 56.1 Å². The minimum atomic E-state index is 0.141. The second-order valence-electron chi connectivity index (χ2n) is 7.71. The number of rotatable bonds is 9. The molecule has 5 nitrogen and oxygen atoms in total. The molecule has 0 unspecified atom stereocenters. The normalized spacial score (nSPS) is 14.7. The number of hydrogen-bond acceptors (Lipinski definition) is 7. The van der Waals surface area contributed by atoms with Crippen LogP contribution >= 0.6 is 34.9 Å². The van der Waals surface area contributed by atoms with E-state index in [4.69, 9.17) is 9.72 Å². The minimum absolute atomic E-state index is 0.141. The topological polar surface area (TPSA) is 45.7 Å². The Kier molecular flexibility index (Phi) is 8.49. The molecule has 2 heterocycles. The molecule has 0 saturated carbocycles. The van der Waals surface area contributed by atoms with Crippen LogP contribution in [0.15, 0.2) is 52.3 Å². The van der Waals surface area contributed by atoms with Gasteiger partial charge >= 0.3 is 0 Å². The monoisotopic (exact) mass is 487 g/mol. The molecule has 1 amide bonds. The number of hydrogen-bond donors (Lipinski definition) is 0. The average molecular weight is 488 g/mol. The second-order valence-corrected chi connectivity index (χ2v) is 10.7. The van der Waals surface area contributed by atoms with Crippen molar-refractivity contribution in [3.63, 3.8) is 0 Å². The summed E-state index contributed by atoms with van der Waals surface area (Å²) < 4.78 is 6.60. The molecule has 0 atom stereocenters. The van der Waals surface area contributed by atoms with Crippen molar-refractivity contribution in [2.24, 2.45) is 0 Å². The Balaban J connectivity index is 1.47. The molecule has 0 spiro atoms. The molecule has 32 heavy (non-hydrogen) atoms. The summed E-state index contributed by atoms with van der Waals surface area (Å²) in [6.07, 6.45) is 2.56. The van der Waals surface area contributed by atoms with Crippen molar-refractivity contribution in [3.8, 4) is 0 Å². The Morgan fingerprint density at radius 1 is 1.19 bits per heavy atom. The molecule has 1 saturated heterocycles. The van der Waals surface area contributed by atoms with Crippen LogP contribution in [0.2, 0.25) is 0 Å². The summed E-state index contributed by atoms with van der Waals surface area (Å²) in [6, 6.07) is 14.7. The van der Waals surface area contributed by atoms with E-state index in [-0.39, 0.29) is 5.91 Å². The fraction of sp³-hybridized carbons (Fsp3) is 0.417. The number of thiazole rings is 1. The average Bonchev–Trinajstić information content (AvgIpc) is 3.25. The lowest BCUT2D eigenvalue weighted by Gasteiger charge is -2.29. The number of amides is 1. The lowest BCUT2D eigenvalue weighted by Crippen LogP contribution is -2.43. The zero-order chi connectivity index (χ0) is 22.3. The van der Waals surface area contributed by atoms with E-state index < -0.39 is 0 Å². The molecule has 3 aromatic rings. The lowest BCUT2D eigenvalue weighted by atomic mass is 10.2. The van der Waals surface area contributed by atoms with E-state index in [0.29, 0.717) is 13.0 Å². The maximum atomic E-state index is 13.3. The number of nitrogens with zero attached hydrogens (tertiary/aromatic N) is 3. The number of thioether (sulfide) groups is 2. The number of ether oxygens (including phenoxy) is 1. The fourth-order valence-electron chi connectivity index (χ4n) is 3.61. The van der Waals surface area contributed by atoms with Gasteiger partial charge in [-0.15, -0.1) is 23.5 Å². The molecule has 4 rings (SSSR count). The van der Waals surface area contributed by atoms with Gasteiger partial charge in [0.2, 0.25) is 5.91 Å². The maximum Gasteiger partial charge on any atom is 0.229 e. The van der Waals surface area contributed by atoms with Crippen molar-refractivity contribution in [3.05, 3.63) is 48.0 Å². The second kappa shape index (κ2) is 11.5. The number of aryl methyl sites for hydroxylation is 1. The summed E-state index contributed by atoms with van der Waals surface area (Å²) in [6.45, 7) is 6.95. The highest BCUT2D eigenvalue weighted by atomic mass is 32.2. The Morgan fingerprint density at radius 2 is 1.97 bits per heavy atom. The Labute approximate surface area is 202 Å². The molecule has 8 heteroatoms. The number of carbonyl (C=O) groups excluding carboxylic acids is 1. The number of benzene rings is 2. The van der Waals surface area contributed by atoms with Gasteiger partial charge in [0.25, 0.3) is 0 Å². The van der Waals surface area contributed by atoms with Crippen LogP contribution < -0.4 is 4.90 Å². The van der Waals surface area contributed by atoms with Crippen LogP contribution in [0.1, 0.15) is 12.0 Å². The predicted octanol–water partition coefficient (Wildman–Crippen LogP) is 5.17. The fourth-order valence-corrected chi connectivity index (χ4v) is 6.12. The molecule has 170 valence electrons. The highest BCUT2D eigenvalue weighted by Gasteiger charge is 2.22. The SMILES string of the molecule is CSc1cccc2sc(N(CCN3CCOCC3)C(=O)CCSc3ccc(C)cc3)nc12. The van der Waals surface area contributed by atoms with Gasteiger partial charge < -0.3 is 4.74 Å². The molecule has 0 radical (unpaired) electrons. The molecule has 1 aliphatic heterocycles. The van der Waals surface area contributed by atoms with Crippen LogP contribution in [0, 0.1) is 6.92 Å². The first-order chi connectivity index (χ1) is 15.6. The van der Waals surface area contributed by atoms with Crippen LogP contribution in [0.5, 0.6) is 0 Å². The molecule has 1 fully saturated rings. The highest BCUT2D eigenvalue weighted by Crippen LogP contribution is 2.34. The molecule has 1 aromatic heterocycles. The van der Waals surface area contributed by atoms with Crippen LogP contribution in [0.3, 0.4) is 0 Å². The number of morpholine rings is 1. The van der Waals surface area contributed by atoms with Crippen LogP contribution in [-0.4, -0.2) is 67.2 Å². The minimum Gasteiger partial charge on any atom is -0.379 e. The van der Waals surface area contributed by atoms with Gasteiger partial charge in [-0.3, -0.25) is 14.6 Å². The number of carbonyl (C=O) groups is 1. The third kappa shape index (κ3) is 6.05. The summed E-state index contributed by atoms with van der Waals surface area (Å²) in [4.78, 5) is 24.8. The maximum absolute atomic E-state index is 13.3. The van der Waals surface area contributed by atoms with Crippen LogP contribution in [0.25, 0.3) is 10.2 Å². The third-order valence-corrected chi connectivity index (χ3v) is 8.30. The van der Waals surface area contributed by atoms with E-state index in [1.54, 1.807) is 34.9 Å². The molecular weight excluding hydrogens is 458 g/mol. The van der Waals surface area contributed by atoms with Gasteiger partial charge in [-0.2, -0.15) is 0 Å². The van der Waals surface area contributed by atoms with Crippen LogP contribution in [-0.2, 0) is 9.53 Å². The molecule has 0 aliphatic carbocycles. The van der Waals surface area contributed by atoms with Crippen LogP contribution in [0.4, 0.5) is 5.13 Å². The van der Waals surface area contributed by atoms with E-state index >= 15 is 0 Å². The van der Waals surface area contributed by atoms with Crippen molar-refractivity contribution in [2.45, 2.75) is 23.1 Å². The number of para-hydroxylation sites is 1. The molecule has 2 aromatic carbocycles. The van der Waals surface area contributed by atoms with Gasteiger partial charge in [0.15, 0.2) is 5.13 Å². The zero-order valence-corrected chi connectivity index (χ0v) is 21.0. The Morgan fingerprint density at radius 3 is 2.72 bits per heavy atom. The molecular formula is C24H29N3O2S3. The van der Waals surface area contributed by atoms with E-state index in [1.807, 2.05) is 4.90 Å². The third-order valence-electron chi connectivity index (χ3n) is 5.47. The van der Waals surface area contributed by atoms with Crippen molar-refractivity contribution in [1.29, 1.82) is 0 Å². The largest absolute Gasteiger partial charge is 0.379 e. The molecule has 0 N–H and O–H groups in total. The van der Waals surface area contributed by atoms with Gasteiger partial charge in [0.05, 0.1) is 23.4 Å². The first-order valence-corrected chi connectivity index (χ1v) is 13.9. The Hall–Kier alpha value is -1.58. The number of anilines is 1. The van der Waals surface area contributed by atoms with Gasteiger partial charge in [-0.05, 0) is 37.4 Å². The summed E-state index contributed by atoms with van der Waals surface area (Å²) in [5.41, 5.74) is 2.25. The molecule has 1 aliphatic rings. The quantitative estimate of drug-likeness (QED) is 0.388. The van der Waals surface area contributed by atoms with E-state index in [2.05, 4.69) is 60.5 Å². The van der Waals surface area contributed by atoms with Gasteiger partial charge in [-0.25, -0.2) is 4.98 Å². The summed E-state index contributed by atoms with van der Waals surface area (Å²) >= 11 is 5.04. The first kappa shape index (κ1) is 23.6. The summed E-state index contributed by atoms with van der Waals surface area (Å²) in [5, 5.41) is 0.806. The summed E-state index contributed by atoms with van der Waals surface area (Å²) in [7, 11) is 0. The lowest BCUT2D eigenvalue weighted by molar-refractivity contribution is -0.118. The molecule has 0 bridgehead atoms. The highest BCUT2D eigenvalue weighted by molar-refractivity contribution is 7.99.